The highest BCUT2D eigenvalue weighted by Gasteiger charge is 2.32. The Labute approximate surface area is 238 Å². The normalized spacial score (nSPS) is 15.1. The minimum atomic E-state index is -0.998. The molecule has 3 aromatic heterocycles. The molecular weight excluding hydrogens is 528 g/mol. The molecule has 4 aromatic rings. The molecule has 5 rings (SSSR count). The second kappa shape index (κ2) is 10.8. The van der Waals surface area contributed by atoms with Crippen molar-refractivity contribution in [2.75, 3.05) is 24.6 Å². The number of amides is 1. The Bertz CT molecular complexity index is 1580. The number of aliphatic hydroxyl groups is 1. The third-order valence-electron chi connectivity index (χ3n) is 7.08. The molecule has 1 aromatic carbocycles. The minimum absolute atomic E-state index is 0.105. The minimum Gasteiger partial charge on any atom is -0.489 e. The number of halogens is 1. The van der Waals surface area contributed by atoms with Gasteiger partial charge in [0.2, 0.25) is 0 Å². The topological polar surface area (TPSA) is 116 Å². The van der Waals surface area contributed by atoms with E-state index in [2.05, 4.69) is 28.3 Å². The van der Waals surface area contributed by atoms with Crippen LogP contribution >= 0.6 is 11.6 Å². The summed E-state index contributed by atoms with van der Waals surface area (Å²) in [6, 6.07) is 15.0. The molecule has 1 amide bonds. The van der Waals surface area contributed by atoms with Crippen LogP contribution in [-0.4, -0.2) is 56.4 Å². The van der Waals surface area contributed by atoms with Gasteiger partial charge in [0.05, 0.1) is 39.7 Å². The summed E-state index contributed by atoms with van der Waals surface area (Å²) in [7, 11) is 0. The number of nitriles is 1. The van der Waals surface area contributed by atoms with Gasteiger partial charge in [0.25, 0.3) is 5.91 Å². The van der Waals surface area contributed by atoms with Crippen molar-refractivity contribution in [2.45, 2.75) is 44.8 Å². The van der Waals surface area contributed by atoms with Crippen LogP contribution in [0.3, 0.4) is 0 Å². The first-order valence-electron chi connectivity index (χ1n) is 13.1. The maximum Gasteiger partial charge on any atom is 0.253 e. The number of carbonyl (C=O) groups excluding carboxylic acids is 1. The number of nitrogens with one attached hydrogen (secondary N) is 1. The standard InChI is InChI=1S/C30H31ClN6O3/c1-29(2,39)19-40-22-14-24(27-21(15-32)17-34-37(27)18-22)20-8-9-26(33-16-20)36-12-10-30(3,11-13-36)35-28(38)23-6-4-5-7-25(23)31/h4-9,14,16-18,39H,10-13,19H2,1-3H3,(H,35,38). The third-order valence-corrected chi connectivity index (χ3v) is 7.41. The fourth-order valence-electron chi connectivity index (χ4n) is 4.81. The van der Waals surface area contributed by atoms with Crippen molar-refractivity contribution in [1.29, 1.82) is 5.26 Å². The maximum atomic E-state index is 12.8. The number of hydrogen-bond acceptors (Lipinski definition) is 7. The van der Waals surface area contributed by atoms with E-state index in [1.807, 2.05) is 18.2 Å². The molecule has 0 bridgehead atoms. The van der Waals surface area contributed by atoms with Gasteiger partial charge in [-0.2, -0.15) is 10.4 Å². The first-order valence-corrected chi connectivity index (χ1v) is 13.5. The van der Waals surface area contributed by atoms with Gasteiger partial charge < -0.3 is 20.1 Å². The quantitative estimate of drug-likeness (QED) is 0.333. The van der Waals surface area contributed by atoms with Gasteiger partial charge in [-0.3, -0.25) is 4.79 Å². The SMILES string of the molecule is CC(C)(O)COc1cc(-c2ccc(N3CCC(C)(NC(=O)c4ccccc4Cl)CC3)nc2)c2c(C#N)cnn2c1. The van der Waals surface area contributed by atoms with Gasteiger partial charge in [-0.25, -0.2) is 9.50 Å². The second-order valence-electron chi connectivity index (χ2n) is 11.0. The number of anilines is 1. The van der Waals surface area contributed by atoms with E-state index in [9.17, 15) is 15.2 Å². The predicted molar refractivity (Wildman–Crippen MR) is 154 cm³/mol. The van der Waals surface area contributed by atoms with E-state index < -0.39 is 5.60 Å². The van der Waals surface area contributed by atoms with Crippen LogP contribution in [0.15, 0.2) is 61.1 Å². The molecule has 0 unspecified atom stereocenters. The van der Waals surface area contributed by atoms with Gasteiger partial charge in [-0.15, -0.1) is 0 Å². The van der Waals surface area contributed by atoms with Gasteiger partial charge >= 0.3 is 0 Å². The van der Waals surface area contributed by atoms with Crippen molar-refractivity contribution in [3.63, 3.8) is 0 Å². The molecule has 0 spiro atoms. The summed E-state index contributed by atoms with van der Waals surface area (Å²) in [5, 5.41) is 27.7. The molecule has 0 radical (unpaired) electrons. The Morgan fingerprint density at radius 3 is 2.62 bits per heavy atom. The first-order chi connectivity index (χ1) is 19.0. The van der Waals surface area contributed by atoms with Gasteiger partial charge in [0.15, 0.2) is 0 Å². The number of pyridine rings is 2. The lowest BCUT2D eigenvalue weighted by atomic mass is 9.89. The van der Waals surface area contributed by atoms with E-state index in [4.69, 9.17) is 21.3 Å². The molecule has 0 saturated carbocycles. The zero-order valence-corrected chi connectivity index (χ0v) is 23.4. The van der Waals surface area contributed by atoms with Crippen molar-refractivity contribution in [3.8, 4) is 22.9 Å². The van der Waals surface area contributed by atoms with Crippen LogP contribution < -0.4 is 15.0 Å². The molecule has 40 heavy (non-hydrogen) atoms. The van der Waals surface area contributed by atoms with Gasteiger partial charge in [0.1, 0.15) is 24.2 Å². The number of hydrogen-bond donors (Lipinski definition) is 2. The van der Waals surface area contributed by atoms with Crippen molar-refractivity contribution >= 4 is 28.8 Å². The van der Waals surface area contributed by atoms with Gasteiger partial charge in [-0.05, 0) is 63.9 Å². The molecule has 1 aliphatic heterocycles. The van der Waals surface area contributed by atoms with Gasteiger partial charge in [-0.1, -0.05) is 23.7 Å². The molecule has 10 heteroatoms. The lowest BCUT2D eigenvalue weighted by Crippen LogP contribution is -2.53. The summed E-state index contributed by atoms with van der Waals surface area (Å²) in [4.78, 5) is 19.8. The smallest absolute Gasteiger partial charge is 0.253 e. The van der Waals surface area contributed by atoms with E-state index >= 15 is 0 Å². The number of rotatable bonds is 7. The highest BCUT2D eigenvalue weighted by atomic mass is 35.5. The molecule has 9 nitrogen and oxygen atoms in total. The number of piperidine rings is 1. The number of benzene rings is 1. The Morgan fingerprint density at radius 2 is 1.98 bits per heavy atom. The first kappa shape index (κ1) is 27.4. The third kappa shape index (κ3) is 5.88. The fourth-order valence-corrected chi connectivity index (χ4v) is 5.03. The summed E-state index contributed by atoms with van der Waals surface area (Å²) in [6.07, 6.45) is 6.52. The number of aromatic nitrogens is 3. The number of ether oxygens (including phenoxy) is 1. The molecule has 2 N–H and O–H groups in total. The van der Waals surface area contributed by atoms with E-state index in [0.717, 1.165) is 42.9 Å². The lowest BCUT2D eigenvalue weighted by molar-refractivity contribution is 0.0283. The summed E-state index contributed by atoms with van der Waals surface area (Å²) in [5.41, 5.74) is 1.81. The van der Waals surface area contributed by atoms with Crippen LogP contribution in [0.1, 0.15) is 49.5 Å². The Morgan fingerprint density at radius 1 is 1.23 bits per heavy atom. The van der Waals surface area contributed by atoms with Crippen LogP contribution in [0.2, 0.25) is 5.02 Å². The molecule has 1 saturated heterocycles. The van der Waals surface area contributed by atoms with Crippen LogP contribution in [0.25, 0.3) is 16.6 Å². The largest absolute Gasteiger partial charge is 0.489 e. The highest BCUT2D eigenvalue weighted by molar-refractivity contribution is 6.33. The summed E-state index contributed by atoms with van der Waals surface area (Å²) in [6.45, 7) is 6.98. The number of fused-ring (bicyclic) bond motifs is 1. The van der Waals surface area contributed by atoms with Crippen LogP contribution in [0.4, 0.5) is 5.82 Å². The molecule has 1 fully saturated rings. The average Bonchev–Trinajstić information content (AvgIpc) is 3.35. The van der Waals surface area contributed by atoms with Crippen molar-refractivity contribution in [2.24, 2.45) is 0 Å². The Kier molecular flexibility index (Phi) is 7.41. The summed E-state index contributed by atoms with van der Waals surface area (Å²) in [5.74, 6) is 1.19. The second-order valence-corrected chi connectivity index (χ2v) is 11.4. The Hall–Kier alpha value is -4.13. The number of nitrogens with zero attached hydrogens (tertiary/aromatic N) is 5. The summed E-state index contributed by atoms with van der Waals surface area (Å²) < 4.78 is 7.44. The Balaban J connectivity index is 1.32. The summed E-state index contributed by atoms with van der Waals surface area (Å²) >= 11 is 6.21. The maximum absolute atomic E-state index is 12.8. The van der Waals surface area contributed by atoms with Gasteiger partial charge in [0, 0.05) is 36.0 Å². The lowest BCUT2D eigenvalue weighted by Gasteiger charge is -2.40. The van der Waals surface area contributed by atoms with Crippen LogP contribution in [-0.2, 0) is 0 Å². The van der Waals surface area contributed by atoms with E-state index in [-0.39, 0.29) is 18.1 Å². The molecule has 4 heterocycles. The number of carbonyl (C=O) groups is 1. The monoisotopic (exact) mass is 558 g/mol. The molecule has 0 aliphatic carbocycles. The van der Waals surface area contributed by atoms with E-state index in [1.165, 1.54) is 6.20 Å². The zero-order chi connectivity index (χ0) is 28.5. The van der Waals surface area contributed by atoms with Crippen molar-refractivity contribution < 1.29 is 14.6 Å². The fraction of sp³-hybridized carbons (Fsp3) is 0.333. The highest BCUT2D eigenvalue weighted by Crippen LogP contribution is 2.32. The predicted octanol–water partition coefficient (Wildman–Crippen LogP) is 4.86. The van der Waals surface area contributed by atoms with E-state index in [0.29, 0.717) is 27.4 Å². The average molecular weight is 559 g/mol. The van der Waals surface area contributed by atoms with Crippen LogP contribution in [0, 0.1) is 11.3 Å². The van der Waals surface area contributed by atoms with Crippen molar-refractivity contribution in [1.82, 2.24) is 19.9 Å². The van der Waals surface area contributed by atoms with Crippen molar-refractivity contribution in [3.05, 3.63) is 77.2 Å². The van der Waals surface area contributed by atoms with E-state index in [1.54, 1.807) is 55.0 Å². The molecule has 1 aliphatic rings. The molecule has 206 valence electrons. The van der Waals surface area contributed by atoms with Crippen LogP contribution in [0.5, 0.6) is 5.75 Å². The zero-order valence-electron chi connectivity index (χ0n) is 22.7. The molecular formula is C30H31ClN6O3. The molecule has 0 atom stereocenters.